The predicted octanol–water partition coefficient (Wildman–Crippen LogP) is 6.44. The number of aliphatic hydroxyl groups is 1. The highest BCUT2D eigenvalue weighted by atomic mass is 79.9. The fourth-order valence-corrected chi connectivity index (χ4v) is 8.36. The van der Waals surface area contributed by atoms with E-state index in [2.05, 4.69) is 31.9 Å². The van der Waals surface area contributed by atoms with Gasteiger partial charge in [-0.25, -0.2) is 0 Å². The van der Waals surface area contributed by atoms with Gasteiger partial charge < -0.3 is 14.9 Å². The van der Waals surface area contributed by atoms with Crippen molar-refractivity contribution in [3.8, 4) is 0 Å². The quantitative estimate of drug-likeness (QED) is 0.229. The maximum Gasteiger partial charge on any atom is 0.264 e. The number of fused-ring (bicyclic) bond motifs is 2. The lowest BCUT2D eigenvalue weighted by molar-refractivity contribution is -0.120. The molecule has 10 nitrogen and oxygen atoms in total. The summed E-state index contributed by atoms with van der Waals surface area (Å²) in [5.41, 5.74) is 4.05. The van der Waals surface area contributed by atoms with Gasteiger partial charge in [0.15, 0.2) is 5.78 Å². The first-order valence-corrected chi connectivity index (χ1v) is 19.5. The Morgan fingerprint density at radius 1 is 0.783 bits per heavy atom. The Hall–Kier alpha value is -2.49. The first kappa shape index (κ1) is 34.8. The minimum absolute atomic E-state index is 0.0957. The van der Waals surface area contributed by atoms with Crippen LogP contribution >= 0.6 is 31.9 Å². The minimum Gasteiger partial charge on any atom is -0.510 e. The predicted molar refractivity (Wildman–Crippen MR) is 185 cm³/mol. The Bertz CT molecular complexity index is 1930. The van der Waals surface area contributed by atoms with Crippen LogP contribution in [0.15, 0.2) is 80.2 Å². The number of hydrogen-bond acceptors (Lipinski definition) is 8. The second-order valence-corrected chi connectivity index (χ2v) is 17.9. The number of rotatable bonds is 10. The topological polar surface area (TPSA) is 153 Å². The lowest BCUT2D eigenvalue weighted by Gasteiger charge is -2.32. The molecule has 248 valence electrons. The summed E-state index contributed by atoms with van der Waals surface area (Å²) in [6, 6.07) is 11.5. The molecular formula is C32H36Br2N2O8S2. The van der Waals surface area contributed by atoms with Gasteiger partial charge in [0.2, 0.25) is 0 Å². The third-order valence-electron chi connectivity index (χ3n) is 9.00. The molecule has 0 amide bonds. The van der Waals surface area contributed by atoms with Gasteiger partial charge in [0, 0.05) is 55.6 Å². The van der Waals surface area contributed by atoms with Gasteiger partial charge in [0.05, 0.1) is 17.1 Å². The van der Waals surface area contributed by atoms with Crippen molar-refractivity contribution in [2.24, 2.45) is 5.92 Å². The van der Waals surface area contributed by atoms with Gasteiger partial charge in [-0.15, -0.1) is 0 Å². The van der Waals surface area contributed by atoms with Crippen LogP contribution in [0.4, 0.5) is 11.4 Å². The zero-order valence-corrected chi connectivity index (χ0v) is 30.6. The van der Waals surface area contributed by atoms with Crippen molar-refractivity contribution in [2.75, 3.05) is 34.4 Å². The maximum absolute atomic E-state index is 13.7. The van der Waals surface area contributed by atoms with Crippen LogP contribution in [0.1, 0.15) is 51.7 Å². The van der Waals surface area contributed by atoms with Crippen molar-refractivity contribution in [3.05, 3.63) is 91.3 Å². The fraction of sp³-hybridized carbons (Fsp3) is 0.406. The summed E-state index contributed by atoms with van der Waals surface area (Å²) in [5.74, 6) is -2.13. The molecule has 0 bridgehead atoms. The molecule has 5 rings (SSSR count). The van der Waals surface area contributed by atoms with Crippen LogP contribution in [0.5, 0.6) is 0 Å². The number of carbonyl (C=O) groups is 1. The van der Waals surface area contributed by atoms with E-state index in [4.69, 9.17) is 0 Å². The molecule has 0 spiro atoms. The van der Waals surface area contributed by atoms with Gasteiger partial charge in [-0.2, -0.15) is 16.8 Å². The zero-order chi connectivity index (χ0) is 34.0. The molecule has 3 N–H and O–H groups in total. The lowest BCUT2D eigenvalue weighted by atomic mass is 9.76. The number of anilines is 2. The number of Topliss-reactive ketones (excluding diaryl/α,β-unsaturated/α-hetero) is 1. The molecule has 2 aromatic rings. The molecule has 0 saturated carbocycles. The van der Waals surface area contributed by atoms with Crippen molar-refractivity contribution >= 4 is 69.3 Å². The van der Waals surface area contributed by atoms with Gasteiger partial charge in [0.25, 0.3) is 20.2 Å². The summed E-state index contributed by atoms with van der Waals surface area (Å²) in [4.78, 5) is 17.6. The molecule has 2 aromatic carbocycles. The van der Waals surface area contributed by atoms with Crippen LogP contribution < -0.4 is 9.80 Å². The van der Waals surface area contributed by atoms with Gasteiger partial charge in [-0.1, -0.05) is 59.6 Å². The smallest absolute Gasteiger partial charge is 0.264 e. The van der Waals surface area contributed by atoms with E-state index < -0.39 is 48.5 Å². The van der Waals surface area contributed by atoms with Crippen LogP contribution in [-0.4, -0.2) is 61.4 Å². The van der Waals surface area contributed by atoms with Crippen molar-refractivity contribution in [1.29, 1.82) is 0 Å². The van der Waals surface area contributed by atoms with E-state index >= 15 is 0 Å². The van der Waals surface area contributed by atoms with E-state index in [0.29, 0.717) is 5.70 Å². The number of aliphatic hydroxyl groups excluding tert-OH is 1. The molecule has 1 aliphatic carbocycles. The Labute approximate surface area is 286 Å². The van der Waals surface area contributed by atoms with E-state index in [1.807, 2.05) is 73.9 Å². The summed E-state index contributed by atoms with van der Waals surface area (Å²) in [7, 11) is -8.32. The third-order valence-corrected chi connectivity index (χ3v) is 11.6. The SMILES string of the molecule is CC1(C)/C(=C/C2C(=O)C(/C=C3/N(CCCS(=O)(=O)O)c4ccc(Br)cc4C3(C)C)=C2O)N(CCCS(=O)(=O)O)c2ccc(Br)cc21. The molecular weight excluding hydrogens is 764 g/mol. The number of hydrogen-bond donors (Lipinski definition) is 3. The number of ketones is 1. The fourth-order valence-electron chi connectivity index (χ4n) is 6.65. The van der Waals surface area contributed by atoms with E-state index in [1.54, 1.807) is 12.2 Å². The van der Waals surface area contributed by atoms with Crippen LogP contribution in [0.2, 0.25) is 0 Å². The van der Waals surface area contributed by atoms with Crippen molar-refractivity contribution in [3.63, 3.8) is 0 Å². The Kier molecular flexibility index (Phi) is 9.23. The normalized spacial score (nSPS) is 22.1. The summed E-state index contributed by atoms with van der Waals surface area (Å²) in [6.07, 6.45) is 3.70. The highest BCUT2D eigenvalue weighted by Crippen LogP contribution is 2.52. The van der Waals surface area contributed by atoms with E-state index in [9.17, 15) is 35.8 Å². The second kappa shape index (κ2) is 12.2. The van der Waals surface area contributed by atoms with Crippen LogP contribution in [-0.2, 0) is 35.9 Å². The van der Waals surface area contributed by atoms with Gasteiger partial charge in [-0.3, -0.25) is 13.9 Å². The summed E-state index contributed by atoms with van der Waals surface area (Å²) in [6.45, 7) is 8.52. The molecule has 2 heterocycles. The number of benzene rings is 2. The molecule has 14 heteroatoms. The first-order chi connectivity index (χ1) is 21.2. The zero-order valence-electron chi connectivity index (χ0n) is 25.8. The van der Waals surface area contributed by atoms with Crippen LogP contribution in [0, 0.1) is 5.92 Å². The monoisotopic (exact) mass is 798 g/mol. The number of allylic oxidation sites excluding steroid dienone is 5. The van der Waals surface area contributed by atoms with Crippen molar-refractivity contribution in [2.45, 2.75) is 51.4 Å². The minimum atomic E-state index is -4.16. The molecule has 1 atom stereocenters. The summed E-state index contributed by atoms with van der Waals surface area (Å²) >= 11 is 7.05. The molecule has 46 heavy (non-hydrogen) atoms. The first-order valence-electron chi connectivity index (χ1n) is 14.7. The molecule has 0 fully saturated rings. The maximum atomic E-state index is 13.7. The van der Waals surface area contributed by atoms with E-state index in [1.165, 1.54) is 0 Å². The molecule has 3 aliphatic rings. The number of halogens is 2. The summed E-state index contributed by atoms with van der Waals surface area (Å²) < 4.78 is 66.1. The molecule has 0 radical (unpaired) electrons. The van der Waals surface area contributed by atoms with Gasteiger partial charge in [0.1, 0.15) is 11.7 Å². The molecule has 1 unspecified atom stereocenters. The molecule has 2 aliphatic heterocycles. The van der Waals surface area contributed by atoms with Crippen LogP contribution in [0.25, 0.3) is 0 Å². The van der Waals surface area contributed by atoms with E-state index in [-0.39, 0.29) is 43.0 Å². The third kappa shape index (κ3) is 6.61. The molecule has 0 saturated heterocycles. The Morgan fingerprint density at radius 2 is 1.22 bits per heavy atom. The van der Waals surface area contributed by atoms with E-state index in [0.717, 1.165) is 37.1 Å². The van der Waals surface area contributed by atoms with Gasteiger partial charge >= 0.3 is 0 Å². The van der Waals surface area contributed by atoms with Crippen LogP contribution in [0.3, 0.4) is 0 Å². The summed E-state index contributed by atoms with van der Waals surface area (Å²) in [5, 5.41) is 11.4. The Balaban J connectivity index is 1.52. The Morgan fingerprint density at radius 3 is 1.65 bits per heavy atom. The second-order valence-electron chi connectivity index (χ2n) is 12.9. The largest absolute Gasteiger partial charge is 0.510 e. The highest BCUT2D eigenvalue weighted by Gasteiger charge is 2.46. The van der Waals surface area contributed by atoms with Gasteiger partial charge in [-0.05, 0) is 72.5 Å². The highest BCUT2D eigenvalue weighted by molar-refractivity contribution is 9.10. The number of carbonyl (C=O) groups excluding carboxylic acids is 1. The standard InChI is InChI=1S/C32H36Br2N2O8S2/c1-31(2)23-15-19(33)7-9-25(23)35(11-5-13-45(39,40)41)27(31)17-21-29(37)22(30(21)38)18-28-32(3,4)24-16-20(34)8-10-26(24)36(28)12-6-14-46(42,43)44/h7-10,15-18,21,37H,5-6,11-14H2,1-4H3,(H,39,40,41)(H,42,43,44)/b27-17-,28-18+. The van der Waals surface area contributed by atoms with Crippen molar-refractivity contribution < 1.29 is 35.8 Å². The number of nitrogens with zero attached hydrogens (tertiary/aromatic N) is 2. The van der Waals surface area contributed by atoms with Crippen molar-refractivity contribution in [1.82, 2.24) is 0 Å². The molecule has 0 aromatic heterocycles. The average molecular weight is 801 g/mol. The lowest BCUT2D eigenvalue weighted by Crippen LogP contribution is -2.35. The average Bonchev–Trinajstić information content (AvgIpc) is 3.26.